The van der Waals surface area contributed by atoms with Crippen LogP contribution in [0.25, 0.3) is 0 Å². The fourth-order valence-electron chi connectivity index (χ4n) is 1.35. The predicted octanol–water partition coefficient (Wildman–Crippen LogP) is 1.66. The van der Waals surface area contributed by atoms with E-state index in [9.17, 15) is 8.42 Å². The van der Waals surface area contributed by atoms with Crippen molar-refractivity contribution < 1.29 is 8.42 Å². The molecule has 1 rings (SSSR count). The monoisotopic (exact) mass is 323 g/mol. The number of hydrogen-bond acceptors (Lipinski definition) is 3. The van der Waals surface area contributed by atoms with Gasteiger partial charge in [0.1, 0.15) is 5.82 Å². The van der Waals surface area contributed by atoms with Gasteiger partial charge in [-0.2, -0.15) is 0 Å². The van der Waals surface area contributed by atoms with E-state index in [0.29, 0.717) is 18.9 Å². The fraction of sp³-hybridized carbons (Fsp3) is 0.700. The van der Waals surface area contributed by atoms with Gasteiger partial charge in [-0.1, -0.05) is 22.9 Å². The van der Waals surface area contributed by atoms with Crippen molar-refractivity contribution in [3.8, 4) is 0 Å². The van der Waals surface area contributed by atoms with Crippen LogP contribution in [0.3, 0.4) is 0 Å². The van der Waals surface area contributed by atoms with Crippen molar-refractivity contribution in [3.63, 3.8) is 0 Å². The van der Waals surface area contributed by atoms with E-state index in [-0.39, 0.29) is 9.85 Å². The summed E-state index contributed by atoms with van der Waals surface area (Å²) in [4.78, 5) is 4.20. The van der Waals surface area contributed by atoms with E-state index in [0.717, 1.165) is 6.42 Å². The third-order valence-corrected chi connectivity index (χ3v) is 4.77. The Morgan fingerprint density at radius 2 is 2.18 bits per heavy atom. The van der Waals surface area contributed by atoms with E-state index < -0.39 is 10.0 Å². The molecule has 0 saturated carbocycles. The lowest BCUT2D eigenvalue weighted by Gasteiger charge is -2.07. The lowest BCUT2D eigenvalue weighted by atomic mass is 10.3. The van der Waals surface area contributed by atoms with Gasteiger partial charge in [-0.3, -0.25) is 0 Å². The van der Waals surface area contributed by atoms with Crippen molar-refractivity contribution in [1.82, 2.24) is 14.3 Å². The number of nitrogens with zero attached hydrogens (tertiary/aromatic N) is 2. The van der Waals surface area contributed by atoms with Gasteiger partial charge in [-0.25, -0.2) is 18.1 Å². The first-order chi connectivity index (χ1) is 7.90. The summed E-state index contributed by atoms with van der Waals surface area (Å²) < 4.78 is 28.2. The lowest BCUT2D eigenvalue weighted by molar-refractivity contribution is 0.576. The third-order valence-electron chi connectivity index (χ3n) is 2.51. The fourth-order valence-corrected chi connectivity index (χ4v) is 2.81. The molecule has 5 nitrogen and oxygen atoms in total. The Balaban J connectivity index is 2.82. The maximum absolute atomic E-state index is 11.9. The molecule has 1 heterocycles. The van der Waals surface area contributed by atoms with Crippen LogP contribution in [0.1, 0.15) is 26.1 Å². The van der Waals surface area contributed by atoms with Crippen LogP contribution in [0.15, 0.2) is 11.2 Å². The predicted molar refractivity (Wildman–Crippen MR) is 70.8 cm³/mol. The second-order valence-corrected chi connectivity index (χ2v) is 6.78. The van der Waals surface area contributed by atoms with Crippen LogP contribution >= 0.6 is 15.9 Å². The van der Waals surface area contributed by atoms with Crippen LogP contribution in [0, 0.1) is 6.92 Å². The van der Waals surface area contributed by atoms with Crippen molar-refractivity contribution in [2.24, 2.45) is 0 Å². The molecule has 1 atom stereocenters. The number of aromatic nitrogens is 2. The summed E-state index contributed by atoms with van der Waals surface area (Å²) in [6.07, 6.45) is 2.43. The van der Waals surface area contributed by atoms with Crippen LogP contribution in [-0.2, 0) is 16.6 Å². The van der Waals surface area contributed by atoms with Gasteiger partial charge in [-0.15, -0.1) is 0 Å². The van der Waals surface area contributed by atoms with Crippen LogP contribution in [0.5, 0.6) is 0 Å². The summed E-state index contributed by atoms with van der Waals surface area (Å²) in [7, 11) is -3.49. The van der Waals surface area contributed by atoms with Gasteiger partial charge in [0.25, 0.3) is 10.0 Å². The zero-order valence-electron chi connectivity index (χ0n) is 10.3. The molecule has 1 aromatic heterocycles. The van der Waals surface area contributed by atoms with Crippen molar-refractivity contribution in [3.05, 3.63) is 12.0 Å². The number of aryl methyl sites for hydroxylation is 2. The number of imidazole rings is 1. The van der Waals surface area contributed by atoms with E-state index in [2.05, 4.69) is 25.6 Å². The van der Waals surface area contributed by atoms with Crippen LogP contribution in [-0.4, -0.2) is 29.3 Å². The number of rotatable bonds is 6. The second kappa shape index (κ2) is 5.97. The van der Waals surface area contributed by atoms with Crippen LogP contribution in [0.2, 0.25) is 0 Å². The van der Waals surface area contributed by atoms with Gasteiger partial charge in [0, 0.05) is 24.1 Å². The van der Waals surface area contributed by atoms with Gasteiger partial charge >= 0.3 is 0 Å². The van der Waals surface area contributed by atoms with Gasteiger partial charge in [0.2, 0.25) is 0 Å². The largest absolute Gasteiger partial charge is 0.334 e. The molecule has 0 amide bonds. The summed E-state index contributed by atoms with van der Waals surface area (Å²) in [5.74, 6) is 0.707. The Morgan fingerprint density at radius 1 is 1.53 bits per heavy atom. The van der Waals surface area contributed by atoms with E-state index in [1.54, 1.807) is 17.7 Å². The maximum atomic E-state index is 11.9. The Morgan fingerprint density at radius 3 is 2.65 bits per heavy atom. The third kappa shape index (κ3) is 3.79. The highest BCUT2D eigenvalue weighted by molar-refractivity contribution is 9.09. The Hall–Kier alpha value is -0.400. The molecule has 98 valence electrons. The van der Waals surface area contributed by atoms with E-state index in [1.807, 2.05) is 13.8 Å². The van der Waals surface area contributed by atoms with Crippen LogP contribution < -0.4 is 4.72 Å². The molecule has 0 aromatic carbocycles. The first-order valence-corrected chi connectivity index (χ1v) is 7.98. The molecular formula is C10H18BrN3O2S. The minimum Gasteiger partial charge on any atom is -0.334 e. The summed E-state index contributed by atoms with van der Waals surface area (Å²) in [5.41, 5.74) is 0. The highest BCUT2D eigenvalue weighted by Crippen LogP contribution is 2.10. The molecule has 17 heavy (non-hydrogen) atoms. The molecule has 0 fully saturated rings. The number of nitrogens with one attached hydrogen (secondary N) is 1. The number of sulfonamides is 1. The first kappa shape index (κ1) is 14.7. The zero-order chi connectivity index (χ0) is 13.1. The molecule has 0 bridgehead atoms. The summed E-state index contributed by atoms with van der Waals surface area (Å²) in [6.45, 7) is 6.82. The topological polar surface area (TPSA) is 64.0 Å². The molecule has 0 saturated heterocycles. The quantitative estimate of drug-likeness (QED) is 0.810. The first-order valence-electron chi connectivity index (χ1n) is 5.58. The Labute approximate surface area is 111 Å². The minimum atomic E-state index is -3.49. The van der Waals surface area contributed by atoms with Crippen molar-refractivity contribution in [2.45, 2.75) is 43.6 Å². The summed E-state index contributed by atoms with van der Waals surface area (Å²) in [5, 5.41) is 0.0904. The Bertz CT molecular complexity index is 470. The number of halogens is 1. The normalized spacial score (nSPS) is 13.9. The zero-order valence-corrected chi connectivity index (χ0v) is 12.7. The van der Waals surface area contributed by atoms with Crippen molar-refractivity contribution >= 4 is 26.0 Å². The molecule has 7 heteroatoms. The molecular weight excluding hydrogens is 306 g/mol. The minimum absolute atomic E-state index is 0.0904. The van der Waals surface area contributed by atoms with Gasteiger partial charge in [0.05, 0.1) is 0 Å². The molecule has 0 radical (unpaired) electrons. The molecule has 0 aliphatic rings. The standard InChI is InChI=1S/C10H18BrN3O2S/c1-4-9(11)6-12-17(15,16)10-7-14(5-2)8(3)13-10/h7,9,12H,4-6H2,1-3H3. The van der Waals surface area contributed by atoms with Crippen LogP contribution in [0.4, 0.5) is 0 Å². The van der Waals surface area contributed by atoms with Crippen molar-refractivity contribution in [2.75, 3.05) is 6.54 Å². The Kier molecular flexibility index (Phi) is 5.15. The molecule has 0 aliphatic carbocycles. The average molecular weight is 324 g/mol. The van der Waals surface area contributed by atoms with E-state index in [4.69, 9.17) is 0 Å². The average Bonchev–Trinajstić information content (AvgIpc) is 2.68. The molecule has 1 unspecified atom stereocenters. The molecule has 1 aromatic rings. The molecule has 0 aliphatic heterocycles. The highest BCUT2D eigenvalue weighted by Gasteiger charge is 2.19. The smallest absolute Gasteiger partial charge is 0.259 e. The molecule has 0 spiro atoms. The SMILES string of the molecule is CCC(Br)CNS(=O)(=O)c1cn(CC)c(C)n1. The molecule has 1 N–H and O–H groups in total. The second-order valence-electron chi connectivity index (χ2n) is 3.77. The lowest BCUT2D eigenvalue weighted by Crippen LogP contribution is -2.29. The highest BCUT2D eigenvalue weighted by atomic mass is 79.9. The van der Waals surface area contributed by atoms with E-state index in [1.165, 1.54) is 0 Å². The van der Waals surface area contributed by atoms with Gasteiger partial charge < -0.3 is 4.57 Å². The maximum Gasteiger partial charge on any atom is 0.259 e. The summed E-state index contributed by atoms with van der Waals surface area (Å²) >= 11 is 3.38. The summed E-state index contributed by atoms with van der Waals surface area (Å²) in [6, 6.07) is 0. The number of hydrogen-bond donors (Lipinski definition) is 1. The van der Waals surface area contributed by atoms with Crippen molar-refractivity contribution in [1.29, 1.82) is 0 Å². The van der Waals surface area contributed by atoms with Gasteiger partial charge in [-0.05, 0) is 20.3 Å². The van der Waals surface area contributed by atoms with Gasteiger partial charge in [0.15, 0.2) is 5.03 Å². The van der Waals surface area contributed by atoms with E-state index >= 15 is 0 Å². The number of alkyl halides is 1.